The third-order valence-corrected chi connectivity index (χ3v) is 23.9. The van der Waals surface area contributed by atoms with Gasteiger partial charge in [-0.1, -0.05) is 505 Å². The molecule has 0 aromatic heterocycles. The van der Waals surface area contributed by atoms with Gasteiger partial charge >= 0.3 is 35.8 Å². The smallest absolute Gasteiger partial charge is 0.306 e. The second-order valence-corrected chi connectivity index (χ2v) is 36.6. The van der Waals surface area contributed by atoms with Gasteiger partial charge in [0.05, 0.1) is 33.0 Å². The summed E-state index contributed by atoms with van der Waals surface area (Å²) in [5.74, 6) is -1.74. The monoisotopic (exact) mass is 1800 g/mol. The highest BCUT2D eigenvalue weighted by molar-refractivity contribution is 5.72. The van der Waals surface area contributed by atoms with Crippen molar-refractivity contribution in [2.75, 3.05) is 52.9 Å². The number of hydrogen-bond donors (Lipinski definition) is 6. The van der Waals surface area contributed by atoms with Crippen LogP contribution in [0.4, 0.5) is 0 Å². The second-order valence-electron chi connectivity index (χ2n) is 36.6. The molecular formula is C108H214O18. The van der Waals surface area contributed by atoms with E-state index in [1.807, 2.05) is 0 Å². The van der Waals surface area contributed by atoms with Crippen LogP contribution in [0, 0.1) is 0 Å². The maximum absolute atomic E-state index is 12.7. The van der Waals surface area contributed by atoms with Crippen LogP contribution in [0.25, 0.3) is 0 Å². The molecule has 2 unspecified atom stereocenters. The lowest BCUT2D eigenvalue weighted by Gasteiger charge is -2.18. The molecule has 0 aromatic carbocycles. The molecule has 18 nitrogen and oxygen atoms in total. The Bertz CT molecular complexity index is 2120. The number of carbonyl (C=O) groups is 6. The lowest BCUT2D eigenvalue weighted by Crippen LogP contribution is -2.30. The van der Waals surface area contributed by atoms with Crippen molar-refractivity contribution in [2.45, 2.75) is 606 Å². The maximum Gasteiger partial charge on any atom is 0.306 e. The molecule has 0 aliphatic carbocycles. The molecule has 0 aliphatic rings. The van der Waals surface area contributed by atoms with E-state index in [2.05, 4.69) is 41.5 Å². The summed E-state index contributed by atoms with van der Waals surface area (Å²) in [6.07, 6.45) is 96.1. The lowest BCUT2D eigenvalue weighted by molar-refractivity contribution is -0.167. The maximum atomic E-state index is 12.7. The van der Waals surface area contributed by atoms with E-state index in [1.165, 1.54) is 392 Å². The predicted octanol–water partition coefficient (Wildman–Crippen LogP) is 29.8. The standard InChI is InChI=1S/C50H96O6.C35H68O5.C19H38O4.C3H8O3.CH4/c1-4-7-10-13-16-19-22-25-28-31-34-37-40-43-49(52)55-46-47(45-54-48(51)42-39-36-33-30-27-24-21-18-15-12-9-6-3)56-50(53)44-41-38-35-32-29-26-23-20-17-14-11-8-5-2;1-3-5-7-9-11-13-15-17-19-21-23-25-27-29-34(37)39-32-33(31-36)40-35(38)30-28-26-24-22-20-18-16-14-12-10-8-6-4-2;1-2-3-4-5-6-7-8-9-10-11-12-13-14-15-19(22)23-18(16-20)17-21;4-1-3(6)2-5;/h47H,4-46H2,1-3H3;33,36H,3-32H2,1-2H3;18,20-21H,2-17H2,1H3;3-6H,1-2H2;1H4. The molecule has 0 spiro atoms. The van der Waals surface area contributed by atoms with Crippen LogP contribution in [0.15, 0.2) is 0 Å². The first-order valence-electron chi connectivity index (χ1n) is 54.0. The van der Waals surface area contributed by atoms with Gasteiger partial charge in [-0.05, 0) is 38.5 Å². The first-order valence-corrected chi connectivity index (χ1v) is 54.0. The fourth-order valence-electron chi connectivity index (χ4n) is 15.5. The molecular weight excluding hydrogens is 1590 g/mol. The SMILES string of the molecule is C.CCCCCCCCCCCCCCCC(=O)OC(CO)CO.CCCCCCCCCCCCCCCC(=O)OCC(CO)OC(=O)CCCCCCCCCCCCCCC.CCCCCCCCCCCCCCCC(=O)OCC(COC(=O)CCCCCCCCCCCCCC)OC(=O)CCCCCCCCCCCCCCC.OCC(O)CO. The van der Waals surface area contributed by atoms with E-state index in [-0.39, 0.29) is 96.1 Å². The third kappa shape index (κ3) is 115. The zero-order chi connectivity index (χ0) is 92.4. The Labute approximate surface area is 778 Å². The van der Waals surface area contributed by atoms with Gasteiger partial charge in [0.1, 0.15) is 32.0 Å². The molecule has 2 atom stereocenters. The van der Waals surface area contributed by atoms with Gasteiger partial charge in [-0.3, -0.25) is 28.8 Å². The molecule has 0 aliphatic heterocycles. The molecule has 754 valence electrons. The Balaban J connectivity index is -0.000000603. The van der Waals surface area contributed by atoms with E-state index < -0.39 is 24.4 Å². The van der Waals surface area contributed by atoms with Crippen molar-refractivity contribution < 1.29 is 87.8 Å². The Morgan fingerprint density at radius 2 is 0.302 bits per heavy atom. The molecule has 18 heteroatoms. The molecule has 126 heavy (non-hydrogen) atoms. The highest BCUT2D eigenvalue weighted by atomic mass is 16.6. The average Bonchev–Trinajstić information content (AvgIpc) is 0.943. The number of aliphatic hydroxyl groups is 6. The van der Waals surface area contributed by atoms with Crippen molar-refractivity contribution in [2.24, 2.45) is 0 Å². The number of esters is 6. The van der Waals surface area contributed by atoms with Crippen molar-refractivity contribution in [3.05, 3.63) is 0 Å². The highest BCUT2D eigenvalue weighted by Crippen LogP contribution is 2.22. The van der Waals surface area contributed by atoms with Crippen LogP contribution in [0.3, 0.4) is 0 Å². The number of aliphatic hydroxyl groups excluding tert-OH is 6. The van der Waals surface area contributed by atoms with E-state index in [9.17, 15) is 33.9 Å². The largest absolute Gasteiger partial charge is 0.462 e. The zero-order valence-corrected chi connectivity index (χ0v) is 83.2. The van der Waals surface area contributed by atoms with Gasteiger partial charge in [-0.2, -0.15) is 0 Å². The van der Waals surface area contributed by atoms with Crippen molar-refractivity contribution >= 4 is 35.8 Å². The van der Waals surface area contributed by atoms with E-state index in [1.54, 1.807) is 0 Å². The Kier molecular flexibility index (Phi) is 120. The van der Waals surface area contributed by atoms with E-state index in [0.29, 0.717) is 38.5 Å². The van der Waals surface area contributed by atoms with Crippen LogP contribution >= 0.6 is 0 Å². The normalized spacial score (nSPS) is 11.6. The number of rotatable bonds is 97. The quantitative estimate of drug-likeness (QED) is 0.0187. The van der Waals surface area contributed by atoms with Crippen LogP contribution in [0.5, 0.6) is 0 Å². The summed E-state index contributed by atoms with van der Waals surface area (Å²) in [5.41, 5.74) is 0. The molecule has 0 rings (SSSR count). The highest BCUT2D eigenvalue weighted by Gasteiger charge is 2.21. The summed E-state index contributed by atoms with van der Waals surface area (Å²) in [5, 5.41) is 51.2. The van der Waals surface area contributed by atoms with Crippen LogP contribution in [-0.4, -0.2) is 144 Å². The third-order valence-electron chi connectivity index (χ3n) is 23.9. The molecule has 0 bridgehead atoms. The average molecular weight is 1800 g/mol. The van der Waals surface area contributed by atoms with Gasteiger partial charge in [-0.15, -0.1) is 0 Å². The van der Waals surface area contributed by atoms with Gasteiger partial charge in [-0.25, -0.2) is 0 Å². The molecule has 0 saturated heterocycles. The topological polar surface area (TPSA) is 279 Å². The molecule has 0 fully saturated rings. The van der Waals surface area contributed by atoms with Crippen molar-refractivity contribution in [3.63, 3.8) is 0 Å². The van der Waals surface area contributed by atoms with Crippen molar-refractivity contribution in [1.82, 2.24) is 0 Å². The van der Waals surface area contributed by atoms with Gasteiger partial charge in [0, 0.05) is 38.5 Å². The van der Waals surface area contributed by atoms with Crippen LogP contribution < -0.4 is 0 Å². The Hall–Kier alpha value is -3.42. The van der Waals surface area contributed by atoms with Gasteiger partial charge in [0.2, 0.25) is 0 Å². The minimum Gasteiger partial charge on any atom is -0.462 e. The fraction of sp³-hybridized carbons (Fsp3) is 0.944. The lowest BCUT2D eigenvalue weighted by atomic mass is 10.0. The second kappa shape index (κ2) is 116. The van der Waals surface area contributed by atoms with Gasteiger partial charge in [0.15, 0.2) is 12.2 Å². The molecule has 0 radical (unpaired) electrons. The molecule has 0 heterocycles. The van der Waals surface area contributed by atoms with Crippen LogP contribution in [0.1, 0.15) is 582 Å². The summed E-state index contributed by atoms with van der Waals surface area (Å²) in [6, 6.07) is 0. The van der Waals surface area contributed by atoms with Crippen LogP contribution in [-0.2, 0) is 57.2 Å². The predicted molar refractivity (Wildman–Crippen MR) is 528 cm³/mol. The van der Waals surface area contributed by atoms with E-state index in [0.717, 1.165) is 103 Å². The van der Waals surface area contributed by atoms with Gasteiger partial charge in [0.25, 0.3) is 0 Å². The number of hydrogen-bond acceptors (Lipinski definition) is 18. The number of carbonyl (C=O) groups excluding carboxylic acids is 6. The number of ether oxygens (including phenoxy) is 6. The zero-order valence-electron chi connectivity index (χ0n) is 83.2. The summed E-state index contributed by atoms with van der Waals surface area (Å²) in [7, 11) is 0. The summed E-state index contributed by atoms with van der Waals surface area (Å²) >= 11 is 0. The summed E-state index contributed by atoms with van der Waals surface area (Å²) < 4.78 is 32.3. The van der Waals surface area contributed by atoms with E-state index >= 15 is 0 Å². The molecule has 0 saturated carbocycles. The minimum absolute atomic E-state index is 0. The first-order chi connectivity index (χ1) is 61.2. The minimum atomic E-state index is -0.954. The van der Waals surface area contributed by atoms with Gasteiger partial charge < -0.3 is 59.1 Å². The van der Waals surface area contributed by atoms with Crippen LogP contribution in [0.2, 0.25) is 0 Å². The Morgan fingerprint density at radius 3 is 0.444 bits per heavy atom. The summed E-state index contributed by atoms with van der Waals surface area (Å²) in [6.45, 7) is 11.7. The summed E-state index contributed by atoms with van der Waals surface area (Å²) in [4.78, 5) is 73.4. The van der Waals surface area contributed by atoms with Crippen molar-refractivity contribution in [1.29, 1.82) is 0 Å². The first kappa shape index (κ1) is 131. The molecule has 0 aromatic rings. The molecule has 6 N–H and O–H groups in total. The van der Waals surface area contributed by atoms with Crippen molar-refractivity contribution in [3.8, 4) is 0 Å². The molecule has 0 amide bonds. The Morgan fingerprint density at radius 1 is 0.175 bits per heavy atom. The fourth-order valence-corrected chi connectivity index (χ4v) is 15.5. The van der Waals surface area contributed by atoms with E-state index in [4.69, 9.17) is 54.0 Å². The number of unbranched alkanes of at least 4 members (excludes halogenated alkanes) is 71.